The minimum atomic E-state index is 0.145. The topological polar surface area (TPSA) is 140 Å². The molecule has 3 aromatic rings. The van der Waals surface area contributed by atoms with Gasteiger partial charge in [0.25, 0.3) is 0 Å². The molecule has 118 valence electrons. The van der Waals surface area contributed by atoms with Crippen LogP contribution < -0.4 is 16.8 Å². The second-order valence-corrected chi connectivity index (χ2v) is 5.44. The summed E-state index contributed by atoms with van der Waals surface area (Å²) >= 11 is 0. The number of aromatic nitrogens is 3. The lowest BCUT2D eigenvalue weighted by Crippen LogP contribution is -2.17. The Labute approximate surface area is 132 Å². The fourth-order valence-corrected chi connectivity index (χ4v) is 2.29. The number of hydrogen-bond donors (Lipinski definition) is 4. The maximum absolute atomic E-state index is 8.50. The van der Waals surface area contributed by atoms with Crippen LogP contribution in [-0.4, -0.2) is 26.9 Å². The average molecular weight is 311 g/mol. The summed E-state index contributed by atoms with van der Waals surface area (Å²) in [6.07, 6.45) is 1.37. The summed E-state index contributed by atoms with van der Waals surface area (Å²) in [5, 5.41) is 16.1. The van der Waals surface area contributed by atoms with E-state index in [4.69, 9.17) is 21.4 Å². The highest BCUT2D eigenvalue weighted by atomic mass is 16.5. The van der Waals surface area contributed by atoms with E-state index in [1.165, 1.54) is 6.33 Å². The largest absolute Gasteiger partial charge is 0.383 e. The lowest BCUT2D eigenvalue weighted by atomic mass is 10.0. The average Bonchev–Trinajstić information content (AvgIpc) is 2.87. The number of anilines is 3. The van der Waals surface area contributed by atoms with Crippen molar-refractivity contribution in [1.29, 1.82) is 5.41 Å². The molecule has 0 spiro atoms. The summed E-state index contributed by atoms with van der Waals surface area (Å²) < 4.78 is 5.08. The molecule has 8 heteroatoms. The summed E-state index contributed by atoms with van der Waals surface area (Å²) in [4.78, 5) is 8.19. The number of nitrogens with two attached hydrogens (primary N) is 2. The van der Waals surface area contributed by atoms with Crippen LogP contribution in [0, 0.1) is 5.41 Å². The Bertz CT molecular complexity index is 885. The standard InChI is InChI=1S/C15H17N7O/c1-7(2)21-15-11(14(18)19-6-20-15)12(16)8-3-4-10-9(5-8)13(17)22-23-10/h3-7,16H,1-2H3,(H2,17,22)(H3,18,19,20,21). The van der Waals surface area contributed by atoms with Crippen molar-refractivity contribution in [3.8, 4) is 0 Å². The van der Waals surface area contributed by atoms with Crippen molar-refractivity contribution < 1.29 is 4.52 Å². The molecule has 23 heavy (non-hydrogen) atoms. The molecule has 0 saturated carbocycles. The SMILES string of the molecule is CC(C)Nc1ncnc(N)c1C(=N)c1ccc2onc(N)c2c1. The van der Waals surface area contributed by atoms with Crippen LogP contribution in [0.5, 0.6) is 0 Å². The monoisotopic (exact) mass is 311 g/mol. The Morgan fingerprint density at radius 1 is 1.22 bits per heavy atom. The van der Waals surface area contributed by atoms with E-state index in [0.29, 0.717) is 27.9 Å². The van der Waals surface area contributed by atoms with E-state index in [9.17, 15) is 0 Å². The van der Waals surface area contributed by atoms with E-state index in [1.807, 2.05) is 13.8 Å². The van der Waals surface area contributed by atoms with Crippen LogP contribution in [0.2, 0.25) is 0 Å². The van der Waals surface area contributed by atoms with Crippen molar-refractivity contribution >= 4 is 34.1 Å². The zero-order chi connectivity index (χ0) is 16.6. The van der Waals surface area contributed by atoms with Gasteiger partial charge in [0.2, 0.25) is 0 Å². The van der Waals surface area contributed by atoms with Gasteiger partial charge in [0.15, 0.2) is 11.4 Å². The lowest BCUT2D eigenvalue weighted by molar-refractivity contribution is 0.460. The second-order valence-electron chi connectivity index (χ2n) is 5.44. The summed E-state index contributed by atoms with van der Waals surface area (Å²) in [6, 6.07) is 5.36. The van der Waals surface area contributed by atoms with E-state index in [1.54, 1.807) is 18.2 Å². The van der Waals surface area contributed by atoms with Crippen LogP contribution in [0.1, 0.15) is 25.0 Å². The Kier molecular flexibility index (Phi) is 3.57. The maximum Gasteiger partial charge on any atom is 0.174 e. The molecule has 0 aliphatic heterocycles. The van der Waals surface area contributed by atoms with Crippen LogP contribution >= 0.6 is 0 Å². The van der Waals surface area contributed by atoms with Gasteiger partial charge in [-0.2, -0.15) is 0 Å². The van der Waals surface area contributed by atoms with Crippen molar-refractivity contribution in [3.05, 3.63) is 35.7 Å². The molecule has 3 rings (SSSR count). The van der Waals surface area contributed by atoms with Crippen LogP contribution in [0.15, 0.2) is 29.0 Å². The normalized spacial score (nSPS) is 11.1. The van der Waals surface area contributed by atoms with Gasteiger partial charge in [-0.25, -0.2) is 9.97 Å². The third-order valence-corrected chi connectivity index (χ3v) is 3.34. The minimum Gasteiger partial charge on any atom is -0.383 e. The lowest BCUT2D eigenvalue weighted by Gasteiger charge is -2.15. The highest BCUT2D eigenvalue weighted by molar-refractivity contribution is 6.17. The molecule has 0 unspecified atom stereocenters. The van der Waals surface area contributed by atoms with Gasteiger partial charge in [0.1, 0.15) is 18.0 Å². The van der Waals surface area contributed by atoms with Crippen molar-refractivity contribution in [2.45, 2.75) is 19.9 Å². The van der Waals surface area contributed by atoms with Gasteiger partial charge in [-0.05, 0) is 32.0 Å². The van der Waals surface area contributed by atoms with Crippen LogP contribution in [0.3, 0.4) is 0 Å². The molecular formula is C15H17N7O. The van der Waals surface area contributed by atoms with Crippen LogP contribution in [0.4, 0.5) is 17.5 Å². The van der Waals surface area contributed by atoms with Crippen molar-refractivity contribution in [2.24, 2.45) is 0 Å². The minimum absolute atomic E-state index is 0.145. The van der Waals surface area contributed by atoms with Gasteiger partial charge in [-0.1, -0.05) is 5.16 Å². The number of hydrogen-bond acceptors (Lipinski definition) is 8. The fraction of sp³-hybridized carbons (Fsp3) is 0.200. The van der Waals surface area contributed by atoms with Gasteiger partial charge in [0, 0.05) is 11.6 Å². The predicted molar refractivity (Wildman–Crippen MR) is 89.6 cm³/mol. The quantitative estimate of drug-likeness (QED) is 0.540. The van der Waals surface area contributed by atoms with Gasteiger partial charge in [-0.3, -0.25) is 5.41 Å². The predicted octanol–water partition coefficient (Wildman–Crippen LogP) is 2.02. The maximum atomic E-state index is 8.50. The third kappa shape index (κ3) is 2.66. The van der Waals surface area contributed by atoms with Gasteiger partial charge in [-0.15, -0.1) is 0 Å². The highest BCUT2D eigenvalue weighted by Gasteiger charge is 2.18. The Balaban J connectivity index is 2.09. The number of rotatable bonds is 4. The van der Waals surface area contributed by atoms with Crippen molar-refractivity contribution in [3.63, 3.8) is 0 Å². The number of fused-ring (bicyclic) bond motifs is 1. The van der Waals surface area contributed by atoms with Gasteiger partial charge < -0.3 is 21.3 Å². The van der Waals surface area contributed by atoms with Crippen LogP contribution in [0.25, 0.3) is 11.0 Å². The van der Waals surface area contributed by atoms with Gasteiger partial charge in [0.05, 0.1) is 16.7 Å². The molecule has 1 aromatic carbocycles. The van der Waals surface area contributed by atoms with E-state index in [-0.39, 0.29) is 23.4 Å². The van der Waals surface area contributed by atoms with Crippen LogP contribution in [-0.2, 0) is 0 Å². The fourth-order valence-electron chi connectivity index (χ4n) is 2.29. The van der Waals surface area contributed by atoms with E-state index in [2.05, 4.69) is 20.4 Å². The second kappa shape index (κ2) is 5.56. The summed E-state index contributed by atoms with van der Waals surface area (Å²) in [5.41, 5.74) is 13.6. The Hall–Kier alpha value is -3.16. The molecule has 0 saturated heterocycles. The molecule has 0 fully saturated rings. The first-order valence-electron chi connectivity index (χ1n) is 7.08. The molecule has 6 N–H and O–H groups in total. The third-order valence-electron chi connectivity index (χ3n) is 3.34. The number of benzene rings is 1. The number of nitrogens with one attached hydrogen (secondary N) is 2. The molecule has 0 atom stereocenters. The molecular weight excluding hydrogens is 294 g/mol. The first kappa shape index (κ1) is 14.8. The zero-order valence-corrected chi connectivity index (χ0v) is 12.8. The van der Waals surface area contributed by atoms with Gasteiger partial charge >= 0.3 is 0 Å². The first-order valence-corrected chi connectivity index (χ1v) is 7.08. The number of nitrogen functional groups attached to an aromatic ring is 2. The molecule has 0 bridgehead atoms. The summed E-state index contributed by atoms with van der Waals surface area (Å²) in [6.45, 7) is 3.96. The highest BCUT2D eigenvalue weighted by Crippen LogP contribution is 2.26. The van der Waals surface area contributed by atoms with E-state index in [0.717, 1.165) is 0 Å². The smallest absolute Gasteiger partial charge is 0.174 e. The van der Waals surface area contributed by atoms with E-state index < -0.39 is 0 Å². The molecule has 8 nitrogen and oxygen atoms in total. The summed E-state index contributed by atoms with van der Waals surface area (Å²) in [5.74, 6) is 1.05. The Morgan fingerprint density at radius 2 is 2.00 bits per heavy atom. The molecule has 0 aliphatic rings. The summed E-state index contributed by atoms with van der Waals surface area (Å²) in [7, 11) is 0. The Morgan fingerprint density at radius 3 is 2.74 bits per heavy atom. The molecule has 0 radical (unpaired) electrons. The molecule has 0 amide bonds. The first-order chi connectivity index (χ1) is 11.0. The van der Waals surface area contributed by atoms with Crippen molar-refractivity contribution in [2.75, 3.05) is 16.8 Å². The van der Waals surface area contributed by atoms with Crippen molar-refractivity contribution in [1.82, 2.24) is 15.1 Å². The van der Waals surface area contributed by atoms with E-state index >= 15 is 0 Å². The molecule has 0 aliphatic carbocycles. The molecule has 2 aromatic heterocycles. The zero-order valence-electron chi connectivity index (χ0n) is 12.8. The number of nitrogens with zero attached hydrogens (tertiary/aromatic N) is 3. The molecule has 2 heterocycles.